The first-order valence-corrected chi connectivity index (χ1v) is 7.01. The maximum atomic E-state index is 11.9. The first kappa shape index (κ1) is 15.2. The molecule has 0 fully saturated rings. The highest BCUT2D eigenvalue weighted by atomic mass is 79.9. The lowest BCUT2D eigenvalue weighted by Crippen LogP contribution is -2.42. The van der Waals surface area contributed by atoms with Crippen molar-refractivity contribution in [2.24, 2.45) is 11.7 Å². The molecular weight excluding hydrogens is 292 g/mol. The Hall–Kier alpha value is -0.870. The van der Waals surface area contributed by atoms with E-state index in [4.69, 9.17) is 5.73 Å². The molecule has 0 aliphatic heterocycles. The number of hydrogen-bond donors (Lipinski definition) is 2. The van der Waals surface area contributed by atoms with Crippen LogP contribution in [0.2, 0.25) is 0 Å². The van der Waals surface area contributed by atoms with Crippen LogP contribution in [0.3, 0.4) is 0 Å². The molecule has 1 rings (SSSR count). The van der Waals surface area contributed by atoms with E-state index in [1.807, 2.05) is 31.2 Å². The highest BCUT2D eigenvalue weighted by Gasteiger charge is 2.18. The molecule has 0 aliphatic rings. The third-order valence-corrected chi connectivity index (χ3v) is 3.51. The van der Waals surface area contributed by atoms with Gasteiger partial charge in [-0.2, -0.15) is 0 Å². The fourth-order valence-corrected chi connectivity index (χ4v) is 2.47. The van der Waals surface area contributed by atoms with Crippen molar-refractivity contribution in [1.29, 1.82) is 0 Å². The zero-order valence-electron chi connectivity index (χ0n) is 11.1. The number of hydrogen-bond acceptors (Lipinski definition) is 2. The molecule has 18 heavy (non-hydrogen) atoms. The molecule has 3 N–H and O–H groups in total. The number of amides is 1. The molecule has 0 bridgehead atoms. The summed E-state index contributed by atoms with van der Waals surface area (Å²) < 4.78 is 0.996. The smallest absolute Gasteiger partial charge is 0.237 e. The van der Waals surface area contributed by atoms with E-state index in [9.17, 15) is 4.79 Å². The molecule has 0 saturated carbocycles. The van der Waals surface area contributed by atoms with E-state index in [2.05, 4.69) is 35.1 Å². The van der Waals surface area contributed by atoms with Crippen LogP contribution in [-0.2, 0) is 4.79 Å². The van der Waals surface area contributed by atoms with Crippen LogP contribution in [-0.4, -0.2) is 11.9 Å². The van der Waals surface area contributed by atoms with Gasteiger partial charge < -0.3 is 11.1 Å². The Bertz CT molecular complexity index is 407. The highest BCUT2D eigenvalue weighted by Crippen LogP contribution is 2.22. The van der Waals surface area contributed by atoms with Gasteiger partial charge in [0.25, 0.3) is 0 Å². The molecule has 3 nitrogen and oxygen atoms in total. The number of benzene rings is 1. The van der Waals surface area contributed by atoms with E-state index in [-0.39, 0.29) is 11.9 Å². The maximum Gasteiger partial charge on any atom is 0.237 e. The Balaban J connectivity index is 2.62. The van der Waals surface area contributed by atoms with Gasteiger partial charge in [-0.05, 0) is 30.9 Å². The Kier molecular flexibility index (Phi) is 5.82. The van der Waals surface area contributed by atoms with E-state index in [1.54, 1.807) is 0 Å². The minimum Gasteiger partial charge on any atom is -0.348 e. The summed E-state index contributed by atoms with van der Waals surface area (Å²) in [5.41, 5.74) is 6.92. The molecule has 1 amide bonds. The summed E-state index contributed by atoms with van der Waals surface area (Å²) in [6.07, 6.45) is 0.703. The summed E-state index contributed by atoms with van der Waals surface area (Å²) in [5.74, 6) is 0.330. The van der Waals surface area contributed by atoms with Crippen LogP contribution >= 0.6 is 15.9 Å². The van der Waals surface area contributed by atoms with Gasteiger partial charge in [-0.1, -0.05) is 48.0 Å². The molecule has 0 unspecified atom stereocenters. The zero-order valence-corrected chi connectivity index (χ0v) is 12.7. The Labute approximate surface area is 117 Å². The first-order chi connectivity index (χ1) is 8.41. The molecule has 0 heterocycles. The van der Waals surface area contributed by atoms with Crippen molar-refractivity contribution in [3.8, 4) is 0 Å². The molecule has 1 aromatic carbocycles. The summed E-state index contributed by atoms with van der Waals surface area (Å²) in [4.78, 5) is 11.9. The molecule has 1 aromatic rings. The highest BCUT2D eigenvalue weighted by molar-refractivity contribution is 9.10. The normalized spacial score (nSPS) is 14.3. The van der Waals surface area contributed by atoms with Gasteiger partial charge in [0.2, 0.25) is 5.91 Å². The third-order valence-electron chi connectivity index (χ3n) is 2.79. The van der Waals surface area contributed by atoms with Crippen LogP contribution in [0.25, 0.3) is 0 Å². The molecular formula is C14H21BrN2O. The van der Waals surface area contributed by atoms with E-state index in [0.29, 0.717) is 12.3 Å². The molecule has 0 spiro atoms. The van der Waals surface area contributed by atoms with Crippen LogP contribution in [0.1, 0.15) is 38.8 Å². The van der Waals surface area contributed by atoms with Gasteiger partial charge in [-0.3, -0.25) is 4.79 Å². The standard InChI is InChI=1S/C14H21BrN2O/c1-9(2)8-13(16)14(18)17-10(3)11-6-4-5-7-12(11)15/h4-7,9-10,13H,8,16H2,1-3H3,(H,17,18)/t10-,13+/m1/s1. The first-order valence-electron chi connectivity index (χ1n) is 6.22. The van der Waals surface area contributed by atoms with Gasteiger partial charge in [0.1, 0.15) is 0 Å². The van der Waals surface area contributed by atoms with Gasteiger partial charge in [0, 0.05) is 4.47 Å². The van der Waals surface area contributed by atoms with Crippen LogP contribution in [0.5, 0.6) is 0 Å². The molecule has 0 aliphatic carbocycles. The number of nitrogens with one attached hydrogen (secondary N) is 1. The second-order valence-corrected chi connectivity index (χ2v) is 5.84. The minimum atomic E-state index is -0.435. The predicted molar refractivity (Wildman–Crippen MR) is 78.1 cm³/mol. The maximum absolute atomic E-state index is 11.9. The zero-order chi connectivity index (χ0) is 13.7. The number of carbonyl (C=O) groups is 1. The molecule has 4 heteroatoms. The van der Waals surface area contributed by atoms with Crippen LogP contribution in [0.4, 0.5) is 0 Å². The lowest BCUT2D eigenvalue weighted by molar-refractivity contribution is -0.123. The van der Waals surface area contributed by atoms with Crippen LogP contribution < -0.4 is 11.1 Å². The van der Waals surface area contributed by atoms with E-state index < -0.39 is 6.04 Å². The summed E-state index contributed by atoms with van der Waals surface area (Å²) in [6.45, 7) is 6.08. The molecule has 0 saturated heterocycles. The molecule has 0 aromatic heterocycles. The fraction of sp³-hybridized carbons (Fsp3) is 0.500. The van der Waals surface area contributed by atoms with Crippen molar-refractivity contribution >= 4 is 21.8 Å². The fourth-order valence-electron chi connectivity index (χ4n) is 1.84. The summed E-state index contributed by atoms with van der Waals surface area (Å²) >= 11 is 3.48. The van der Waals surface area contributed by atoms with Gasteiger partial charge in [-0.15, -0.1) is 0 Å². The average molecular weight is 313 g/mol. The number of rotatable bonds is 5. The van der Waals surface area contributed by atoms with Crippen LogP contribution in [0.15, 0.2) is 28.7 Å². The number of nitrogens with two attached hydrogens (primary N) is 1. The number of carbonyl (C=O) groups excluding carboxylic acids is 1. The van der Waals surface area contributed by atoms with Crippen molar-refractivity contribution in [2.75, 3.05) is 0 Å². The van der Waals surface area contributed by atoms with Crippen molar-refractivity contribution in [1.82, 2.24) is 5.32 Å². The SMILES string of the molecule is CC(C)C[C@H](N)C(=O)N[C@H](C)c1ccccc1Br. The average Bonchev–Trinajstić information content (AvgIpc) is 2.28. The van der Waals surface area contributed by atoms with Crippen LogP contribution in [0, 0.1) is 5.92 Å². The monoisotopic (exact) mass is 312 g/mol. The minimum absolute atomic E-state index is 0.0497. The molecule has 100 valence electrons. The van der Waals surface area contributed by atoms with Crippen molar-refractivity contribution < 1.29 is 4.79 Å². The van der Waals surface area contributed by atoms with Crippen molar-refractivity contribution in [2.45, 2.75) is 39.3 Å². The second kappa shape index (κ2) is 6.90. The molecule has 0 radical (unpaired) electrons. The number of halogens is 1. The lowest BCUT2D eigenvalue weighted by atomic mass is 10.0. The van der Waals surface area contributed by atoms with E-state index in [0.717, 1.165) is 10.0 Å². The second-order valence-electron chi connectivity index (χ2n) is 4.99. The summed E-state index contributed by atoms with van der Waals surface area (Å²) in [5, 5.41) is 2.95. The lowest BCUT2D eigenvalue weighted by Gasteiger charge is -2.19. The van der Waals surface area contributed by atoms with Gasteiger partial charge in [0.15, 0.2) is 0 Å². The van der Waals surface area contributed by atoms with Gasteiger partial charge in [-0.25, -0.2) is 0 Å². The molecule has 2 atom stereocenters. The van der Waals surface area contributed by atoms with Crippen molar-refractivity contribution in [3.63, 3.8) is 0 Å². The predicted octanol–water partition coefficient (Wildman–Crippen LogP) is 3.00. The van der Waals surface area contributed by atoms with E-state index >= 15 is 0 Å². The van der Waals surface area contributed by atoms with Gasteiger partial charge in [0.05, 0.1) is 12.1 Å². The van der Waals surface area contributed by atoms with Gasteiger partial charge >= 0.3 is 0 Å². The summed E-state index contributed by atoms with van der Waals surface area (Å²) in [7, 11) is 0. The summed E-state index contributed by atoms with van der Waals surface area (Å²) in [6, 6.07) is 7.37. The quantitative estimate of drug-likeness (QED) is 0.878. The Morgan fingerprint density at radius 2 is 1.94 bits per heavy atom. The largest absolute Gasteiger partial charge is 0.348 e. The Morgan fingerprint density at radius 3 is 2.50 bits per heavy atom. The van der Waals surface area contributed by atoms with Crippen molar-refractivity contribution in [3.05, 3.63) is 34.3 Å². The topological polar surface area (TPSA) is 55.1 Å². The third kappa shape index (κ3) is 4.42. The Morgan fingerprint density at radius 1 is 1.33 bits per heavy atom. The van der Waals surface area contributed by atoms with E-state index in [1.165, 1.54) is 0 Å².